The summed E-state index contributed by atoms with van der Waals surface area (Å²) in [5, 5.41) is 0. The molecule has 27 heavy (non-hydrogen) atoms. The van der Waals surface area contributed by atoms with Crippen molar-refractivity contribution in [2.75, 3.05) is 0 Å². The van der Waals surface area contributed by atoms with Crippen LogP contribution < -0.4 is 0 Å². The van der Waals surface area contributed by atoms with Crippen LogP contribution in [0.1, 0.15) is 98.8 Å². The van der Waals surface area contributed by atoms with Crippen molar-refractivity contribution in [2.45, 2.75) is 98.8 Å². The van der Waals surface area contributed by atoms with Crippen LogP contribution in [0.4, 0.5) is 0 Å². The van der Waals surface area contributed by atoms with E-state index in [2.05, 4.69) is 52.8 Å². The second kappa shape index (κ2) is 7.23. The van der Waals surface area contributed by atoms with Crippen molar-refractivity contribution in [1.29, 1.82) is 0 Å². The molecule has 0 unspecified atom stereocenters. The summed E-state index contributed by atoms with van der Waals surface area (Å²) in [6.07, 6.45) is 21.8. The fourth-order valence-electron chi connectivity index (χ4n) is 7.85. The molecule has 4 rings (SSSR count). The monoisotopic (exact) mass is 366 g/mol. The quantitative estimate of drug-likeness (QED) is 0.439. The second-order valence-corrected chi connectivity index (χ2v) is 11.2. The molecule has 0 aromatic rings. The fourth-order valence-corrected chi connectivity index (χ4v) is 7.85. The third-order valence-electron chi connectivity index (χ3n) is 9.42. The molecule has 3 fully saturated rings. The van der Waals surface area contributed by atoms with Gasteiger partial charge in [-0.2, -0.15) is 0 Å². The zero-order chi connectivity index (χ0) is 19.2. The van der Waals surface area contributed by atoms with E-state index in [1.165, 1.54) is 69.8 Å². The van der Waals surface area contributed by atoms with Gasteiger partial charge < -0.3 is 0 Å². The number of hydrogen-bond donors (Lipinski definition) is 0. The van der Waals surface area contributed by atoms with E-state index >= 15 is 0 Å². The first kappa shape index (κ1) is 19.5. The Hall–Kier alpha value is -0.780. The molecule has 0 radical (unpaired) electrons. The van der Waals surface area contributed by atoms with E-state index in [1.807, 2.05) is 5.57 Å². The van der Waals surface area contributed by atoms with Gasteiger partial charge in [-0.3, -0.25) is 0 Å². The molecular weight excluding hydrogens is 324 g/mol. The summed E-state index contributed by atoms with van der Waals surface area (Å²) < 4.78 is 0. The minimum absolute atomic E-state index is 0.497. The molecule has 0 amide bonds. The molecule has 4 aliphatic carbocycles. The Morgan fingerprint density at radius 3 is 2.67 bits per heavy atom. The van der Waals surface area contributed by atoms with Crippen molar-refractivity contribution in [3.63, 3.8) is 0 Å². The Bertz CT molecular complexity index is 658. The topological polar surface area (TPSA) is 0 Å². The van der Waals surface area contributed by atoms with Gasteiger partial charge in [0.25, 0.3) is 0 Å². The number of fused-ring (bicyclic) bond motifs is 5. The van der Waals surface area contributed by atoms with Crippen molar-refractivity contribution in [3.05, 3.63) is 34.9 Å². The Morgan fingerprint density at radius 1 is 1.07 bits per heavy atom. The smallest absolute Gasteiger partial charge is 0.00476 e. The van der Waals surface area contributed by atoms with Crippen LogP contribution in [-0.4, -0.2) is 0 Å². The SMILES string of the molecule is CC(C)=CCC[C@@H](C)[C@H]1CC[C@H]2C3=CC=C4CCCC[C@]4(C)[C@H]3CC[C@]12C. The molecule has 3 saturated carbocycles. The third-order valence-corrected chi connectivity index (χ3v) is 9.42. The van der Waals surface area contributed by atoms with E-state index < -0.39 is 0 Å². The average Bonchev–Trinajstić information content (AvgIpc) is 2.98. The van der Waals surface area contributed by atoms with Crippen LogP contribution in [-0.2, 0) is 0 Å². The van der Waals surface area contributed by atoms with Gasteiger partial charge in [0.2, 0.25) is 0 Å². The van der Waals surface area contributed by atoms with Crippen molar-refractivity contribution < 1.29 is 0 Å². The first-order valence-electron chi connectivity index (χ1n) is 11.9. The molecule has 0 nitrogen and oxygen atoms in total. The van der Waals surface area contributed by atoms with Gasteiger partial charge in [0.1, 0.15) is 0 Å². The van der Waals surface area contributed by atoms with E-state index in [9.17, 15) is 0 Å². The molecule has 0 aromatic carbocycles. The fraction of sp³-hybridized carbons (Fsp3) is 0.778. The van der Waals surface area contributed by atoms with Crippen LogP contribution in [0, 0.1) is 34.5 Å². The standard InChI is InChI=1S/C27H42/c1-19(2)9-8-10-20(3)23-14-15-24-22-13-12-21-11-6-7-17-26(21,4)25(22)16-18-27(23,24)5/h9,12-13,20,23-25H,6-8,10-11,14-18H2,1-5H3/t20-,23-,24+,25+,26+,27-/m1/s1. The van der Waals surface area contributed by atoms with E-state index in [4.69, 9.17) is 0 Å². The van der Waals surface area contributed by atoms with Crippen LogP contribution in [0.25, 0.3) is 0 Å². The molecular formula is C27H42. The van der Waals surface area contributed by atoms with Crippen molar-refractivity contribution in [3.8, 4) is 0 Å². The highest BCUT2D eigenvalue weighted by atomic mass is 14.6. The molecule has 0 saturated heterocycles. The average molecular weight is 367 g/mol. The zero-order valence-corrected chi connectivity index (χ0v) is 18.6. The molecule has 150 valence electrons. The zero-order valence-electron chi connectivity index (χ0n) is 18.6. The summed E-state index contributed by atoms with van der Waals surface area (Å²) in [4.78, 5) is 0. The van der Waals surface area contributed by atoms with Crippen molar-refractivity contribution in [1.82, 2.24) is 0 Å². The minimum atomic E-state index is 0.497. The summed E-state index contributed by atoms with van der Waals surface area (Å²) in [5.74, 6) is 3.52. The molecule has 4 aliphatic rings. The highest BCUT2D eigenvalue weighted by molar-refractivity contribution is 5.38. The lowest BCUT2D eigenvalue weighted by Crippen LogP contribution is -2.45. The third kappa shape index (κ3) is 3.20. The summed E-state index contributed by atoms with van der Waals surface area (Å²) in [6, 6.07) is 0. The predicted molar refractivity (Wildman–Crippen MR) is 118 cm³/mol. The van der Waals surface area contributed by atoms with Crippen LogP contribution >= 0.6 is 0 Å². The molecule has 0 spiro atoms. The second-order valence-electron chi connectivity index (χ2n) is 11.2. The van der Waals surface area contributed by atoms with E-state index in [-0.39, 0.29) is 0 Å². The predicted octanol–water partition coefficient (Wildman–Crippen LogP) is 8.26. The number of allylic oxidation sites excluding steroid dienone is 6. The summed E-state index contributed by atoms with van der Waals surface area (Å²) in [5.41, 5.74) is 6.19. The van der Waals surface area contributed by atoms with Gasteiger partial charge in [0.15, 0.2) is 0 Å². The number of rotatable bonds is 4. The lowest BCUT2D eigenvalue weighted by molar-refractivity contribution is 0.0485. The minimum Gasteiger partial charge on any atom is -0.0859 e. The first-order valence-corrected chi connectivity index (χ1v) is 11.9. The van der Waals surface area contributed by atoms with Crippen molar-refractivity contribution >= 4 is 0 Å². The molecule has 6 atom stereocenters. The van der Waals surface area contributed by atoms with Crippen molar-refractivity contribution in [2.24, 2.45) is 34.5 Å². The largest absolute Gasteiger partial charge is 0.0859 e. The van der Waals surface area contributed by atoms with Crippen LogP contribution in [0.5, 0.6) is 0 Å². The van der Waals surface area contributed by atoms with Gasteiger partial charge >= 0.3 is 0 Å². The lowest BCUT2D eigenvalue weighted by Gasteiger charge is -2.54. The first-order chi connectivity index (χ1) is 12.9. The maximum Gasteiger partial charge on any atom is -0.00476 e. The van der Waals surface area contributed by atoms with E-state index in [1.54, 1.807) is 5.57 Å². The molecule has 0 heteroatoms. The van der Waals surface area contributed by atoms with Gasteiger partial charge in [-0.1, -0.05) is 62.1 Å². The summed E-state index contributed by atoms with van der Waals surface area (Å²) in [7, 11) is 0. The highest BCUT2D eigenvalue weighted by Crippen LogP contribution is 2.66. The molecule has 0 aromatic heterocycles. The van der Waals surface area contributed by atoms with E-state index in [0.29, 0.717) is 10.8 Å². The normalized spacial score (nSPS) is 41.6. The molecule has 0 heterocycles. The van der Waals surface area contributed by atoms with Gasteiger partial charge in [-0.25, -0.2) is 0 Å². The maximum atomic E-state index is 2.67. The molecule has 0 aliphatic heterocycles. The Labute approximate surface area is 168 Å². The Morgan fingerprint density at radius 2 is 1.89 bits per heavy atom. The number of hydrogen-bond acceptors (Lipinski definition) is 0. The highest BCUT2D eigenvalue weighted by Gasteiger charge is 2.56. The van der Waals surface area contributed by atoms with Gasteiger partial charge in [0.05, 0.1) is 0 Å². The maximum absolute atomic E-state index is 2.67. The van der Waals surface area contributed by atoms with Crippen LogP contribution in [0.3, 0.4) is 0 Å². The Kier molecular flexibility index (Phi) is 5.23. The molecule has 0 N–H and O–H groups in total. The molecule has 0 bridgehead atoms. The van der Waals surface area contributed by atoms with Gasteiger partial charge in [-0.15, -0.1) is 0 Å². The summed E-state index contributed by atoms with van der Waals surface area (Å²) in [6.45, 7) is 12.3. The van der Waals surface area contributed by atoms with Crippen LogP contribution in [0.15, 0.2) is 34.9 Å². The van der Waals surface area contributed by atoms with E-state index in [0.717, 1.165) is 23.7 Å². The van der Waals surface area contributed by atoms with Gasteiger partial charge in [-0.05, 0) is 106 Å². The van der Waals surface area contributed by atoms with Crippen LogP contribution in [0.2, 0.25) is 0 Å². The van der Waals surface area contributed by atoms with Gasteiger partial charge in [0, 0.05) is 0 Å². The summed E-state index contributed by atoms with van der Waals surface area (Å²) >= 11 is 0. The Balaban J connectivity index is 1.55. The lowest BCUT2D eigenvalue weighted by atomic mass is 9.50.